The Morgan fingerprint density at radius 1 is 1.17 bits per heavy atom. The monoisotopic (exact) mass is 601 g/mol. The minimum atomic E-state index is -1.47. The van der Waals surface area contributed by atoms with Crippen molar-refractivity contribution in [1.82, 2.24) is 24.1 Å². The van der Waals surface area contributed by atoms with Crippen LogP contribution in [0.3, 0.4) is 0 Å². The van der Waals surface area contributed by atoms with Crippen molar-refractivity contribution < 1.29 is 23.8 Å². The van der Waals surface area contributed by atoms with Crippen molar-refractivity contribution in [2.45, 2.75) is 72.3 Å². The molecular weight excluding hydrogens is 565 g/mol. The lowest BCUT2D eigenvalue weighted by Gasteiger charge is -2.28. The van der Waals surface area contributed by atoms with Gasteiger partial charge in [-0.05, 0) is 51.8 Å². The summed E-state index contributed by atoms with van der Waals surface area (Å²) < 4.78 is 28.3. The summed E-state index contributed by atoms with van der Waals surface area (Å²) in [6, 6.07) is 3.94. The van der Waals surface area contributed by atoms with E-state index in [1.165, 1.54) is 47.1 Å². The van der Waals surface area contributed by atoms with E-state index in [0.29, 0.717) is 26.7 Å². The van der Waals surface area contributed by atoms with Gasteiger partial charge >= 0.3 is 5.69 Å². The molecule has 0 radical (unpaired) electrons. The van der Waals surface area contributed by atoms with Crippen molar-refractivity contribution in [3.63, 3.8) is 0 Å². The lowest BCUT2D eigenvalue weighted by atomic mass is 9.91. The van der Waals surface area contributed by atoms with Gasteiger partial charge in [-0.1, -0.05) is 25.2 Å². The molecule has 3 heterocycles. The third-order valence-corrected chi connectivity index (χ3v) is 8.33. The van der Waals surface area contributed by atoms with E-state index in [-0.39, 0.29) is 36.7 Å². The molecule has 226 valence electrons. The van der Waals surface area contributed by atoms with Gasteiger partial charge in [0.1, 0.15) is 33.0 Å². The summed E-state index contributed by atoms with van der Waals surface area (Å²) in [7, 11) is 1.43. The molecule has 3 aromatic heterocycles. The van der Waals surface area contributed by atoms with E-state index in [1.54, 1.807) is 27.7 Å². The molecule has 1 aromatic carbocycles. The minimum Gasteiger partial charge on any atom is -0.496 e. The van der Waals surface area contributed by atoms with E-state index in [0.717, 1.165) is 15.9 Å². The van der Waals surface area contributed by atoms with Crippen molar-refractivity contribution >= 4 is 27.3 Å². The molecule has 0 unspecified atom stereocenters. The fourth-order valence-corrected chi connectivity index (χ4v) is 6.08. The van der Waals surface area contributed by atoms with E-state index >= 15 is 0 Å². The largest absolute Gasteiger partial charge is 0.496 e. The van der Waals surface area contributed by atoms with E-state index in [2.05, 4.69) is 10.2 Å². The van der Waals surface area contributed by atoms with Gasteiger partial charge in [-0.3, -0.25) is 14.2 Å². The molecule has 0 amide bonds. The summed E-state index contributed by atoms with van der Waals surface area (Å²) in [5.41, 5.74) is -1.95. The number of fused-ring (bicyclic) bond motifs is 1. The number of benzene rings is 1. The number of aryl methyl sites for hydroxylation is 1. The van der Waals surface area contributed by atoms with Crippen LogP contribution in [0.4, 0.5) is 4.39 Å². The SMILES string of the molecule is COc1ccc(F)cc1[C@H](Cn1c(=O)n(C(C)(C)C(=O)CC(C)C)c(=O)c2c(C)c(-n3nccn3)sc21)OC[C@@H](C)O. The molecule has 0 saturated heterocycles. The number of aliphatic hydroxyl groups is 1. The number of thiophene rings is 1. The first-order chi connectivity index (χ1) is 19.8. The summed E-state index contributed by atoms with van der Waals surface area (Å²) in [5, 5.41) is 19.1. The molecular formula is C29H36FN5O6S. The zero-order valence-electron chi connectivity index (χ0n) is 24.8. The number of ketones is 1. The highest BCUT2D eigenvalue weighted by molar-refractivity contribution is 7.21. The number of Topliss-reactive ketones (excluding diaryl/α,β-unsaturated/α-hetero) is 1. The number of hydrogen-bond acceptors (Lipinski definition) is 9. The average molecular weight is 602 g/mol. The maximum absolute atomic E-state index is 14.5. The summed E-state index contributed by atoms with van der Waals surface area (Å²) in [4.78, 5) is 43.5. The Morgan fingerprint density at radius 2 is 1.83 bits per heavy atom. The van der Waals surface area contributed by atoms with E-state index in [4.69, 9.17) is 9.47 Å². The molecule has 0 fully saturated rings. The first-order valence-corrected chi connectivity index (χ1v) is 14.4. The van der Waals surface area contributed by atoms with Crippen LogP contribution in [0.1, 0.15) is 58.3 Å². The summed E-state index contributed by atoms with van der Waals surface area (Å²) in [6.45, 7) is 9.88. The van der Waals surface area contributed by atoms with Crippen LogP contribution in [0.5, 0.6) is 5.75 Å². The molecule has 0 aliphatic rings. The lowest BCUT2D eigenvalue weighted by molar-refractivity contribution is -0.127. The van der Waals surface area contributed by atoms with Crippen molar-refractivity contribution in [2.24, 2.45) is 5.92 Å². The molecule has 0 aliphatic carbocycles. The standard InChI is InChI=1S/C29H36FN5O6S/c1-16(2)12-23(37)29(5,6)34-25(38)24-18(4)26(35-31-10-11-32-35)42-27(24)33(28(34)39)14-22(41-15-17(3)36)20-13-19(30)8-9-21(20)40-7/h8-11,13,16-17,22,36H,12,14-15H2,1-7H3/t17-,22+/m1/s1. The second kappa shape index (κ2) is 12.3. The van der Waals surface area contributed by atoms with Crippen molar-refractivity contribution in [3.8, 4) is 10.8 Å². The topological polar surface area (TPSA) is 130 Å². The van der Waals surface area contributed by atoms with Crippen LogP contribution in [0.15, 0.2) is 40.2 Å². The molecule has 4 rings (SSSR count). The van der Waals surface area contributed by atoms with Crippen LogP contribution in [0.25, 0.3) is 15.2 Å². The maximum Gasteiger partial charge on any atom is 0.333 e. The highest BCUT2D eigenvalue weighted by Crippen LogP contribution is 2.34. The van der Waals surface area contributed by atoms with Gasteiger partial charge in [0.15, 0.2) is 5.78 Å². The van der Waals surface area contributed by atoms with Gasteiger partial charge in [-0.2, -0.15) is 10.2 Å². The molecule has 0 bridgehead atoms. The quantitative estimate of drug-likeness (QED) is 0.260. The van der Waals surface area contributed by atoms with Gasteiger partial charge in [-0.25, -0.2) is 13.8 Å². The predicted octanol–water partition coefficient (Wildman–Crippen LogP) is 3.75. The van der Waals surface area contributed by atoms with Crippen molar-refractivity contribution in [3.05, 3.63) is 68.4 Å². The second-order valence-corrected chi connectivity index (χ2v) is 12.2. The smallest absolute Gasteiger partial charge is 0.333 e. The number of carbonyl (C=O) groups is 1. The highest BCUT2D eigenvalue weighted by Gasteiger charge is 2.36. The van der Waals surface area contributed by atoms with Crippen LogP contribution >= 0.6 is 11.3 Å². The maximum atomic E-state index is 14.5. The van der Waals surface area contributed by atoms with Crippen LogP contribution in [-0.4, -0.2) is 54.8 Å². The fourth-order valence-electron chi connectivity index (χ4n) is 4.86. The number of halogens is 1. The molecule has 0 aliphatic heterocycles. The number of nitrogens with zero attached hydrogens (tertiary/aromatic N) is 5. The van der Waals surface area contributed by atoms with Crippen molar-refractivity contribution in [1.29, 1.82) is 0 Å². The Hall–Kier alpha value is -3.68. The number of hydrogen-bond donors (Lipinski definition) is 1. The Kier molecular flexibility index (Phi) is 9.14. The Morgan fingerprint density at radius 3 is 2.43 bits per heavy atom. The molecule has 2 atom stereocenters. The van der Waals surface area contributed by atoms with Gasteiger partial charge in [-0.15, -0.1) is 4.80 Å². The van der Waals surface area contributed by atoms with Crippen molar-refractivity contribution in [2.75, 3.05) is 13.7 Å². The van der Waals surface area contributed by atoms with Crippen LogP contribution in [0.2, 0.25) is 0 Å². The van der Waals surface area contributed by atoms with E-state index in [9.17, 15) is 23.9 Å². The lowest BCUT2D eigenvalue weighted by Crippen LogP contribution is -2.53. The predicted molar refractivity (Wildman–Crippen MR) is 157 cm³/mol. The molecule has 13 heteroatoms. The second-order valence-electron chi connectivity index (χ2n) is 11.2. The van der Waals surface area contributed by atoms with Crippen LogP contribution in [-0.2, 0) is 21.6 Å². The first-order valence-electron chi connectivity index (χ1n) is 13.6. The van der Waals surface area contributed by atoms with Gasteiger partial charge in [0.05, 0.1) is 44.1 Å². The Balaban J connectivity index is 2.03. The number of aliphatic hydroxyl groups excluding tert-OH is 1. The van der Waals surface area contributed by atoms with Gasteiger partial charge in [0.2, 0.25) is 0 Å². The zero-order chi connectivity index (χ0) is 30.9. The highest BCUT2D eigenvalue weighted by atomic mass is 32.1. The Labute approximate surface area is 246 Å². The van der Waals surface area contributed by atoms with E-state index in [1.807, 2.05) is 13.8 Å². The number of carbonyl (C=O) groups excluding carboxylic acids is 1. The molecule has 11 nitrogen and oxygen atoms in total. The summed E-state index contributed by atoms with van der Waals surface area (Å²) in [5.74, 6) is -0.477. The normalized spacial score (nSPS) is 13.6. The van der Waals surface area contributed by atoms with Gasteiger partial charge < -0.3 is 14.6 Å². The van der Waals surface area contributed by atoms with Gasteiger partial charge in [0.25, 0.3) is 5.56 Å². The fraction of sp³-hybridized carbons (Fsp3) is 0.483. The molecule has 4 aromatic rings. The van der Waals surface area contributed by atoms with Gasteiger partial charge in [0, 0.05) is 17.5 Å². The third-order valence-electron chi connectivity index (χ3n) is 7.05. The number of methoxy groups -OCH3 is 1. The number of aromatic nitrogens is 5. The van der Waals surface area contributed by atoms with Crippen LogP contribution in [0, 0.1) is 18.7 Å². The average Bonchev–Trinajstić information content (AvgIpc) is 3.56. The zero-order valence-corrected chi connectivity index (χ0v) is 25.6. The third kappa shape index (κ3) is 5.94. The molecule has 42 heavy (non-hydrogen) atoms. The molecule has 0 spiro atoms. The Bertz CT molecular complexity index is 1700. The molecule has 0 saturated carbocycles. The summed E-state index contributed by atoms with van der Waals surface area (Å²) >= 11 is 1.14. The molecule has 1 N–H and O–H groups in total. The minimum absolute atomic E-state index is 0.0116. The summed E-state index contributed by atoms with van der Waals surface area (Å²) in [6.07, 6.45) is 1.34. The van der Waals surface area contributed by atoms with Crippen LogP contribution < -0.4 is 16.0 Å². The van der Waals surface area contributed by atoms with E-state index < -0.39 is 34.8 Å². The number of rotatable bonds is 12. The first kappa shape index (κ1) is 31.3. The number of ether oxygens (including phenoxy) is 2.